The van der Waals surface area contributed by atoms with E-state index in [2.05, 4.69) is 9.84 Å². The van der Waals surface area contributed by atoms with Crippen LogP contribution in [0.2, 0.25) is 5.02 Å². The van der Waals surface area contributed by atoms with Crippen molar-refractivity contribution in [3.8, 4) is 5.88 Å². The number of ether oxygens (including phenoxy) is 2. The van der Waals surface area contributed by atoms with E-state index in [1.807, 2.05) is 6.92 Å². The second-order valence-electron chi connectivity index (χ2n) is 4.90. The lowest BCUT2D eigenvalue weighted by Crippen LogP contribution is -2.08. The van der Waals surface area contributed by atoms with Crippen molar-refractivity contribution in [3.63, 3.8) is 0 Å². The number of carbonyl (C=O) groups is 1. The second-order valence-corrected chi connectivity index (χ2v) is 6.04. The van der Waals surface area contributed by atoms with E-state index in [1.165, 1.54) is 19.2 Å². The third-order valence-electron chi connectivity index (χ3n) is 3.36. The molecule has 0 unspecified atom stereocenters. The molecule has 0 aliphatic carbocycles. The molecule has 0 spiro atoms. The van der Waals surface area contributed by atoms with Crippen molar-refractivity contribution in [2.75, 3.05) is 7.11 Å². The molecule has 0 radical (unpaired) electrons. The summed E-state index contributed by atoms with van der Waals surface area (Å²) in [6.45, 7) is 1.81. The Morgan fingerprint density at radius 3 is 2.67 bits per heavy atom. The van der Waals surface area contributed by atoms with E-state index in [9.17, 15) is 13.2 Å². The molecule has 2 aromatic rings. The Labute approximate surface area is 145 Å². The molecule has 1 heterocycles. The summed E-state index contributed by atoms with van der Waals surface area (Å²) >= 11 is 6.25. The molecular formula is C15H15ClN2O5S. The highest BCUT2D eigenvalue weighted by atomic mass is 35.5. The van der Waals surface area contributed by atoms with Crippen molar-refractivity contribution in [2.45, 2.75) is 13.5 Å². The highest BCUT2D eigenvalue weighted by Gasteiger charge is 2.18. The minimum Gasteiger partial charge on any atom is -0.472 e. The molecule has 24 heavy (non-hydrogen) atoms. The van der Waals surface area contributed by atoms with E-state index in [1.54, 1.807) is 17.8 Å². The molecule has 0 fully saturated rings. The summed E-state index contributed by atoms with van der Waals surface area (Å²) in [5.74, 6) is -0.256. The average Bonchev–Trinajstić information content (AvgIpc) is 2.84. The van der Waals surface area contributed by atoms with Crippen LogP contribution in [0.25, 0.3) is 0 Å². The van der Waals surface area contributed by atoms with Crippen LogP contribution < -0.4 is 4.74 Å². The molecule has 0 amide bonds. The number of nitrogens with zero attached hydrogens (tertiary/aromatic N) is 2. The normalized spacial score (nSPS) is 10.3. The van der Waals surface area contributed by atoms with Crippen LogP contribution in [0.4, 0.5) is 0 Å². The number of esters is 1. The summed E-state index contributed by atoms with van der Waals surface area (Å²) < 4.78 is 33.8. The van der Waals surface area contributed by atoms with Gasteiger partial charge >= 0.3 is 5.97 Å². The zero-order valence-electron chi connectivity index (χ0n) is 13.2. The predicted octanol–water partition coefficient (Wildman–Crippen LogP) is 1.78. The van der Waals surface area contributed by atoms with Crippen molar-refractivity contribution in [1.29, 1.82) is 0 Å². The van der Waals surface area contributed by atoms with Gasteiger partial charge in [0.1, 0.15) is 6.61 Å². The molecule has 1 aromatic carbocycles. The Balaban J connectivity index is 2.43. The van der Waals surface area contributed by atoms with Gasteiger partial charge in [-0.3, -0.25) is 4.68 Å². The molecule has 0 N–H and O–H groups in total. The van der Waals surface area contributed by atoms with Gasteiger partial charge in [-0.25, -0.2) is 4.79 Å². The number of carbonyl (C=O) groups excluding carboxylic acids is 1. The highest BCUT2D eigenvalue weighted by Crippen LogP contribution is 2.26. The van der Waals surface area contributed by atoms with Gasteiger partial charge in [-0.15, -0.1) is 5.10 Å². The summed E-state index contributed by atoms with van der Waals surface area (Å²) in [5, 5.41) is 5.22. The Kier molecular flexibility index (Phi) is 5.63. The molecule has 0 saturated heterocycles. The van der Waals surface area contributed by atoms with Crippen molar-refractivity contribution in [3.05, 3.63) is 45.6 Å². The van der Waals surface area contributed by atoms with Gasteiger partial charge in [0, 0.05) is 24.4 Å². The molecule has 0 aliphatic heterocycles. The minimum absolute atomic E-state index is 0.0524. The van der Waals surface area contributed by atoms with Crippen LogP contribution in [0.1, 0.15) is 27.2 Å². The first kappa shape index (κ1) is 18.0. The van der Waals surface area contributed by atoms with Crippen molar-refractivity contribution >= 4 is 33.2 Å². The summed E-state index contributed by atoms with van der Waals surface area (Å²) in [5.41, 5.74) is 1.70. The van der Waals surface area contributed by atoms with Gasteiger partial charge in [0.15, 0.2) is 0 Å². The van der Waals surface area contributed by atoms with Crippen molar-refractivity contribution in [2.24, 2.45) is 7.05 Å². The lowest BCUT2D eigenvalue weighted by atomic mass is 10.1. The number of hydrogen-bond acceptors (Lipinski definition) is 6. The number of rotatable bonds is 5. The lowest BCUT2D eigenvalue weighted by molar-refractivity contribution is 0.0600. The molecule has 128 valence electrons. The number of hydrogen-bond donors (Lipinski definition) is 0. The lowest BCUT2D eigenvalue weighted by Gasteiger charge is -2.11. The van der Waals surface area contributed by atoms with Gasteiger partial charge in [0.25, 0.3) is 0 Å². The maximum atomic E-state index is 11.7. The third-order valence-corrected chi connectivity index (χ3v) is 4.24. The van der Waals surface area contributed by atoms with Gasteiger partial charge < -0.3 is 9.47 Å². The quantitative estimate of drug-likeness (QED) is 0.589. The van der Waals surface area contributed by atoms with Gasteiger partial charge in [0.2, 0.25) is 16.2 Å². The fraction of sp³-hybridized carbons (Fsp3) is 0.267. The summed E-state index contributed by atoms with van der Waals surface area (Å²) in [6.07, 6.45) is 0. The van der Waals surface area contributed by atoms with E-state index in [0.29, 0.717) is 17.0 Å². The maximum Gasteiger partial charge on any atom is 0.339 e. The molecule has 7 nitrogen and oxygen atoms in total. The highest BCUT2D eigenvalue weighted by molar-refractivity contribution is 7.71. The number of halogens is 1. The van der Waals surface area contributed by atoms with Crippen LogP contribution in [0, 0.1) is 6.92 Å². The SMILES string of the molecule is COC(=O)c1ccc(C=S(=O)=O)c(COc2cc(C)n(C)n2)c1Cl. The maximum absolute atomic E-state index is 11.7. The van der Waals surface area contributed by atoms with Crippen molar-refractivity contribution < 1.29 is 22.7 Å². The first-order valence-corrected chi connectivity index (χ1v) is 8.31. The fourth-order valence-corrected chi connectivity index (χ4v) is 2.74. The van der Waals surface area contributed by atoms with Crippen LogP contribution in [0.5, 0.6) is 5.88 Å². The Hall–Kier alpha value is -2.32. The molecular weight excluding hydrogens is 356 g/mol. The van der Waals surface area contributed by atoms with E-state index in [-0.39, 0.29) is 17.2 Å². The van der Waals surface area contributed by atoms with E-state index >= 15 is 0 Å². The van der Waals surface area contributed by atoms with Crippen LogP contribution in [0.3, 0.4) is 0 Å². The topological polar surface area (TPSA) is 87.5 Å². The molecule has 9 heteroatoms. The first-order chi connectivity index (χ1) is 11.3. The van der Waals surface area contributed by atoms with Crippen LogP contribution in [0.15, 0.2) is 18.2 Å². The number of methoxy groups -OCH3 is 1. The van der Waals surface area contributed by atoms with Crippen LogP contribution >= 0.6 is 11.6 Å². The molecule has 0 bridgehead atoms. The summed E-state index contributed by atoms with van der Waals surface area (Å²) in [7, 11) is 0.578. The van der Waals surface area contributed by atoms with Gasteiger partial charge in [-0.1, -0.05) is 17.7 Å². The fourth-order valence-electron chi connectivity index (χ4n) is 2.01. The average molecular weight is 371 g/mol. The molecule has 2 rings (SSSR count). The predicted molar refractivity (Wildman–Crippen MR) is 89.2 cm³/mol. The minimum atomic E-state index is -2.43. The smallest absolute Gasteiger partial charge is 0.339 e. The summed E-state index contributed by atoms with van der Waals surface area (Å²) in [4.78, 5) is 11.7. The monoisotopic (exact) mass is 370 g/mol. The zero-order valence-corrected chi connectivity index (χ0v) is 14.8. The molecule has 0 atom stereocenters. The Morgan fingerprint density at radius 2 is 2.12 bits per heavy atom. The van der Waals surface area contributed by atoms with E-state index in [4.69, 9.17) is 16.3 Å². The van der Waals surface area contributed by atoms with Crippen LogP contribution in [-0.2, 0) is 28.7 Å². The van der Waals surface area contributed by atoms with Gasteiger partial charge in [-0.2, -0.15) is 8.42 Å². The number of benzene rings is 1. The van der Waals surface area contributed by atoms with E-state index in [0.717, 1.165) is 11.1 Å². The van der Waals surface area contributed by atoms with Crippen LogP contribution in [-0.4, -0.2) is 36.6 Å². The van der Waals surface area contributed by atoms with Crippen molar-refractivity contribution in [1.82, 2.24) is 9.78 Å². The number of aromatic nitrogens is 2. The first-order valence-electron chi connectivity index (χ1n) is 6.79. The largest absolute Gasteiger partial charge is 0.472 e. The Bertz CT molecular complexity index is 891. The second kappa shape index (κ2) is 7.50. The molecule has 0 aliphatic rings. The van der Waals surface area contributed by atoms with E-state index < -0.39 is 16.3 Å². The van der Waals surface area contributed by atoms with Gasteiger partial charge in [0.05, 0.1) is 23.1 Å². The molecule has 1 aromatic heterocycles. The number of aryl methyl sites for hydroxylation is 2. The third kappa shape index (κ3) is 3.95. The molecule has 0 saturated carbocycles. The zero-order chi connectivity index (χ0) is 17.9. The standard InChI is InChI=1S/C15H15ClN2O5S/c1-9-6-13(17-18(9)2)23-7-12-10(8-24(20)21)4-5-11(14(12)16)15(19)22-3/h4-6,8H,7H2,1-3H3. The Morgan fingerprint density at radius 1 is 1.42 bits per heavy atom. The van der Waals surface area contributed by atoms with Gasteiger partial charge in [-0.05, 0) is 18.6 Å². The summed E-state index contributed by atoms with van der Waals surface area (Å²) in [6, 6.07) is 4.60.